The van der Waals surface area contributed by atoms with Gasteiger partial charge in [-0.25, -0.2) is 5.43 Å². The number of carbonyl (C=O) groups excluding carboxylic acids is 1. The number of benzene rings is 1. The summed E-state index contributed by atoms with van der Waals surface area (Å²) in [5.74, 6) is 2.00. The second-order valence-corrected chi connectivity index (χ2v) is 7.65. The molecule has 0 spiro atoms. The van der Waals surface area contributed by atoms with Gasteiger partial charge in [-0.1, -0.05) is 19.8 Å². The summed E-state index contributed by atoms with van der Waals surface area (Å²) < 4.78 is 11.4. The summed E-state index contributed by atoms with van der Waals surface area (Å²) in [7, 11) is 3.19. The predicted octanol–water partition coefficient (Wildman–Crippen LogP) is 3.74. The van der Waals surface area contributed by atoms with Crippen LogP contribution >= 0.6 is 15.9 Å². The molecule has 1 N–H and O–H groups in total. The molecular weight excluding hydrogens is 372 g/mol. The number of hydrogen-bond acceptors (Lipinski definition) is 4. The van der Waals surface area contributed by atoms with Crippen LogP contribution in [0.1, 0.15) is 38.2 Å². The van der Waals surface area contributed by atoms with Gasteiger partial charge in [-0.15, -0.1) is 0 Å². The van der Waals surface area contributed by atoms with Crippen molar-refractivity contribution in [3.8, 4) is 11.5 Å². The number of nitrogens with zero attached hydrogens (tertiary/aromatic N) is 1. The molecular formula is C18H23BrN2O3. The normalized spacial score (nSPS) is 28.3. The highest BCUT2D eigenvalue weighted by molar-refractivity contribution is 9.10. The fraction of sp³-hybridized carbons (Fsp3) is 0.556. The number of ether oxygens (including phenoxy) is 2. The van der Waals surface area contributed by atoms with Crippen molar-refractivity contribution in [1.29, 1.82) is 0 Å². The van der Waals surface area contributed by atoms with Crippen molar-refractivity contribution in [2.24, 2.45) is 22.4 Å². The molecule has 1 amide bonds. The van der Waals surface area contributed by atoms with Gasteiger partial charge in [0.25, 0.3) is 0 Å². The SMILES string of the molecule is COc1cc(OC)c(/C=N/NC(=O)[C@@H]2[C@H]3CCCC[C@]32C)cc1Br. The lowest BCUT2D eigenvalue weighted by Crippen LogP contribution is -2.22. The standard InChI is InChI=1S/C18H23BrN2O3/c1-18-7-5-4-6-12(18)16(18)17(22)21-20-10-11-8-13(19)15(24-3)9-14(11)23-2/h8-10,12,16H,4-7H2,1-3H3,(H,21,22)/b20-10+/t12-,16+,18-/m1/s1. The van der Waals surface area contributed by atoms with Crippen LogP contribution in [0.3, 0.4) is 0 Å². The molecule has 3 atom stereocenters. The summed E-state index contributed by atoms with van der Waals surface area (Å²) in [6.45, 7) is 2.23. The largest absolute Gasteiger partial charge is 0.496 e. The number of rotatable bonds is 5. The van der Waals surface area contributed by atoms with Gasteiger partial charge in [0.1, 0.15) is 11.5 Å². The van der Waals surface area contributed by atoms with E-state index in [1.807, 2.05) is 6.07 Å². The molecule has 0 radical (unpaired) electrons. The van der Waals surface area contributed by atoms with Gasteiger partial charge in [0.2, 0.25) is 5.91 Å². The first-order valence-electron chi connectivity index (χ1n) is 8.25. The second-order valence-electron chi connectivity index (χ2n) is 6.80. The Bertz CT molecular complexity index is 676. The number of hydrogen-bond donors (Lipinski definition) is 1. The van der Waals surface area contributed by atoms with Gasteiger partial charge < -0.3 is 9.47 Å². The van der Waals surface area contributed by atoms with Crippen molar-refractivity contribution in [3.63, 3.8) is 0 Å². The third kappa shape index (κ3) is 3.04. The van der Waals surface area contributed by atoms with E-state index in [-0.39, 0.29) is 17.2 Å². The Labute approximate surface area is 150 Å². The maximum Gasteiger partial charge on any atom is 0.244 e. The zero-order chi connectivity index (χ0) is 17.3. The molecule has 2 saturated carbocycles. The first-order chi connectivity index (χ1) is 11.5. The van der Waals surface area contributed by atoms with Gasteiger partial charge >= 0.3 is 0 Å². The van der Waals surface area contributed by atoms with Crippen LogP contribution < -0.4 is 14.9 Å². The van der Waals surface area contributed by atoms with Crippen LogP contribution in [-0.4, -0.2) is 26.3 Å². The number of halogens is 1. The number of amides is 1. The van der Waals surface area contributed by atoms with Crippen LogP contribution in [0.25, 0.3) is 0 Å². The highest BCUT2D eigenvalue weighted by Crippen LogP contribution is 2.66. The second kappa shape index (κ2) is 6.75. The average Bonchev–Trinajstić information content (AvgIpc) is 3.20. The molecule has 0 unspecified atom stereocenters. The number of carbonyl (C=O) groups is 1. The van der Waals surface area contributed by atoms with Crippen molar-refractivity contribution in [2.45, 2.75) is 32.6 Å². The molecule has 0 saturated heterocycles. The minimum atomic E-state index is 0.0344. The monoisotopic (exact) mass is 394 g/mol. The van der Waals surface area contributed by atoms with E-state index in [2.05, 4.69) is 33.4 Å². The van der Waals surface area contributed by atoms with Crippen LogP contribution in [0.5, 0.6) is 11.5 Å². The zero-order valence-electron chi connectivity index (χ0n) is 14.3. The molecule has 6 heteroatoms. The fourth-order valence-electron chi connectivity index (χ4n) is 4.07. The molecule has 24 heavy (non-hydrogen) atoms. The molecule has 130 valence electrons. The number of nitrogens with one attached hydrogen (secondary N) is 1. The lowest BCUT2D eigenvalue weighted by molar-refractivity contribution is -0.123. The zero-order valence-corrected chi connectivity index (χ0v) is 15.9. The van der Waals surface area contributed by atoms with Crippen LogP contribution in [0.4, 0.5) is 0 Å². The average molecular weight is 395 g/mol. The third-order valence-corrected chi connectivity index (χ3v) is 6.12. The van der Waals surface area contributed by atoms with Crippen LogP contribution in [0.15, 0.2) is 21.7 Å². The van der Waals surface area contributed by atoms with E-state index in [1.165, 1.54) is 12.8 Å². The maximum absolute atomic E-state index is 12.4. The Hall–Kier alpha value is -1.56. The van der Waals surface area contributed by atoms with E-state index in [0.29, 0.717) is 17.4 Å². The summed E-state index contributed by atoms with van der Waals surface area (Å²) >= 11 is 3.44. The van der Waals surface area contributed by atoms with Crippen LogP contribution in [0, 0.1) is 17.3 Å². The topological polar surface area (TPSA) is 59.9 Å². The van der Waals surface area contributed by atoms with E-state index >= 15 is 0 Å². The van der Waals surface area contributed by atoms with Crippen molar-refractivity contribution in [1.82, 2.24) is 5.43 Å². The molecule has 3 rings (SSSR count). The highest BCUT2D eigenvalue weighted by Gasteiger charge is 2.64. The van der Waals surface area contributed by atoms with Crippen molar-refractivity contribution >= 4 is 28.1 Å². The summed E-state index contributed by atoms with van der Waals surface area (Å²) in [6, 6.07) is 3.63. The van der Waals surface area contributed by atoms with E-state index in [4.69, 9.17) is 9.47 Å². The van der Waals surface area contributed by atoms with Crippen LogP contribution in [0.2, 0.25) is 0 Å². The number of fused-ring (bicyclic) bond motifs is 1. The van der Waals surface area contributed by atoms with Gasteiger partial charge in [0.05, 0.1) is 24.9 Å². The molecule has 5 nitrogen and oxygen atoms in total. The first kappa shape index (κ1) is 17.3. The summed E-state index contributed by atoms with van der Waals surface area (Å²) in [6.07, 6.45) is 6.40. The first-order valence-corrected chi connectivity index (χ1v) is 9.05. The molecule has 0 aliphatic heterocycles. The Morgan fingerprint density at radius 1 is 1.33 bits per heavy atom. The Kier molecular flexibility index (Phi) is 4.85. The van der Waals surface area contributed by atoms with Gasteiger partial charge in [-0.2, -0.15) is 5.10 Å². The van der Waals surface area contributed by atoms with Crippen molar-refractivity contribution in [2.75, 3.05) is 14.2 Å². The van der Waals surface area contributed by atoms with Gasteiger partial charge in [0.15, 0.2) is 0 Å². The Balaban J connectivity index is 1.66. The predicted molar refractivity (Wildman–Crippen MR) is 96.5 cm³/mol. The summed E-state index contributed by atoms with van der Waals surface area (Å²) in [4.78, 5) is 12.4. The lowest BCUT2D eigenvalue weighted by Gasteiger charge is -2.15. The van der Waals surface area contributed by atoms with Crippen LogP contribution in [-0.2, 0) is 4.79 Å². The molecule has 2 fully saturated rings. The minimum Gasteiger partial charge on any atom is -0.496 e. The Morgan fingerprint density at radius 2 is 2.08 bits per heavy atom. The lowest BCUT2D eigenvalue weighted by atomic mass is 9.90. The maximum atomic E-state index is 12.4. The quantitative estimate of drug-likeness (QED) is 0.610. The van der Waals surface area contributed by atoms with Gasteiger partial charge in [-0.3, -0.25) is 4.79 Å². The van der Waals surface area contributed by atoms with E-state index < -0.39 is 0 Å². The van der Waals surface area contributed by atoms with Crippen molar-refractivity contribution < 1.29 is 14.3 Å². The smallest absolute Gasteiger partial charge is 0.244 e. The minimum absolute atomic E-state index is 0.0344. The molecule has 0 aromatic heterocycles. The number of hydrazone groups is 1. The molecule has 0 bridgehead atoms. The van der Waals surface area contributed by atoms with Gasteiger partial charge in [-0.05, 0) is 46.2 Å². The Morgan fingerprint density at radius 3 is 2.71 bits per heavy atom. The molecule has 1 aromatic rings. The molecule has 1 aromatic carbocycles. The highest BCUT2D eigenvalue weighted by atomic mass is 79.9. The number of methoxy groups -OCH3 is 2. The molecule has 0 heterocycles. The van der Waals surface area contributed by atoms with E-state index in [0.717, 1.165) is 22.9 Å². The van der Waals surface area contributed by atoms with E-state index in [1.54, 1.807) is 26.5 Å². The van der Waals surface area contributed by atoms with Crippen molar-refractivity contribution in [3.05, 3.63) is 22.2 Å². The fourth-order valence-corrected chi connectivity index (χ4v) is 4.59. The third-order valence-electron chi connectivity index (χ3n) is 5.50. The summed E-state index contributed by atoms with van der Waals surface area (Å²) in [5, 5.41) is 4.13. The van der Waals surface area contributed by atoms with Gasteiger partial charge in [0, 0.05) is 17.5 Å². The molecule has 2 aliphatic rings. The van der Waals surface area contributed by atoms with E-state index in [9.17, 15) is 4.79 Å². The molecule has 2 aliphatic carbocycles. The summed E-state index contributed by atoms with van der Waals surface area (Å²) in [5.41, 5.74) is 3.66.